The Morgan fingerprint density at radius 2 is 2.17 bits per heavy atom. The number of carbonyl (C=O) groups excluding carboxylic acids is 1. The first kappa shape index (κ1) is 17.2. The highest BCUT2D eigenvalue weighted by molar-refractivity contribution is 5.78. The zero-order chi connectivity index (χ0) is 17.3. The van der Waals surface area contributed by atoms with Crippen LogP contribution in [0, 0.1) is 11.2 Å². The molecule has 24 heavy (non-hydrogen) atoms. The quantitative estimate of drug-likeness (QED) is 0.746. The van der Waals surface area contributed by atoms with Crippen LogP contribution in [0.25, 0.3) is 0 Å². The molecule has 2 aliphatic heterocycles. The van der Waals surface area contributed by atoms with E-state index in [1.807, 2.05) is 6.92 Å². The Morgan fingerprint density at radius 3 is 2.83 bits per heavy atom. The Balaban J connectivity index is 1.82. The maximum Gasteiger partial charge on any atom is 0.313 e. The van der Waals surface area contributed by atoms with E-state index in [9.17, 15) is 9.18 Å². The van der Waals surface area contributed by atoms with E-state index in [2.05, 4.69) is 11.8 Å². The molecule has 1 aromatic carbocycles. The van der Waals surface area contributed by atoms with Gasteiger partial charge in [0.1, 0.15) is 0 Å². The van der Waals surface area contributed by atoms with Crippen molar-refractivity contribution in [3.63, 3.8) is 0 Å². The molecule has 3 rings (SSSR count). The van der Waals surface area contributed by atoms with Gasteiger partial charge < -0.3 is 9.47 Å². The lowest BCUT2D eigenvalue weighted by atomic mass is 9.72. The number of ether oxygens (including phenoxy) is 2. The molecule has 0 aliphatic carbocycles. The fourth-order valence-electron chi connectivity index (χ4n) is 4.58. The summed E-state index contributed by atoms with van der Waals surface area (Å²) in [6.07, 6.45) is 3.81. The van der Waals surface area contributed by atoms with Crippen molar-refractivity contribution in [1.29, 1.82) is 0 Å². The van der Waals surface area contributed by atoms with E-state index in [1.54, 1.807) is 12.1 Å². The fourth-order valence-corrected chi connectivity index (χ4v) is 4.58. The number of benzene rings is 1. The van der Waals surface area contributed by atoms with Crippen LogP contribution in [-0.2, 0) is 16.1 Å². The molecule has 2 aliphatic rings. The molecule has 2 fully saturated rings. The minimum Gasteiger partial charge on any atom is -0.494 e. The minimum atomic E-state index is -0.386. The number of esters is 1. The van der Waals surface area contributed by atoms with Crippen molar-refractivity contribution >= 4 is 5.97 Å². The van der Waals surface area contributed by atoms with E-state index < -0.39 is 0 Å². The van der Waals surface area contributed by atoms with Crippen LogP contribution < -0.4 is 4.74 Å². The molecule has 5 heteroatoms. The SMILES string of the molecule is CCOC(=O)[C@]1(CC)C[C@@H]2CC[C@H]1N2Cc1ccc(F)c(OC)c1. The first-order valence-electron chi connectivity index (χ1n) is 8.81. The highest BCUT2D eigenvalue weighted by Crippen LogP contribution is 2.52. The molecule has 0 amide bonds. The van der Waals surface area contributed by atoms with Crippen molar-refractivity contribution in [3.05, 3.63) is 29.6 Å². The molecule has 0 unspecified atom stereocenters. The molecule has 0 radical (unpaired) electrons. The van der Waals surface area contributed by atoms with Gasteiger partial charge >= 0.3 is 5.97 Å². The smallest absolute Gasteiger partial charge is 0.313 e. The summed E-state index contributed by atoms with van der Waals surface area (Å²) in [6, 6.07) is 5.61. The van der Waals surface area contributed by atoms with Gasteiger partial charge in [-0.05, 0) is 50.3 Å². The molecule has 0 saturated carbocycles. The summed E-state index contributed by atoms with van der Waals surface area (Å²) in [5.41, 5.74) is 0.629. The van der Waals surface area contributed by atoms with Crippen molar-refractivity contribution in [2.45, 2.75) is 58.2 Å². The lowest BCUT2D eigenvalue weighted by molar-refractivity contribution is -0.157. The fraction of sp³-hybridized carbons (Fsp3) is 0.632. The third-order valence-corrected chi connectivity index (χ3v) is 5.77. The van der Waals surface area contributed by atoms with Crippen molar-refractivity contribution in [3.8, 4) is 5.75 Å². The summed E-state index contributed by atoms with van der Waals surface area (Å²) in [7, 11) is 1.48. The number of methoxy groups -OCH3 is 1. The third-order valence-electron chi connectivity index (χ3n) is 5.77. The molecule has 4 nitrogen and oxygen atoms in total. The van der Waals surface area contributed by atoms with Crippen LogP contribution in [0.3, 0.4) is 0 Å². The molecule has 2 saturated heterocycles. The van der Waals surface area contributed by atoms with E-state index >= 15 is 0 Å². The van der Waals surface area contributed by atoms with Gasteiger partial charge in [-0.25, -0.2) is 4.39 Å². The Morgan fingerprint density at radius 1 is 1.38 bits per heavy atom. The van der Waals surface area contributed by atoms with Crippen molar-refractivity contribution in [2.75, 3.05) is 13.7 Å². The Kier molecular flexibility index (Phi) is 4.81. The average Bonchev–Trinajstić information content (AvgIpc) is 3.11. The largest absolute Gasteiger partial charge is 0.494 e. The van der Waals surface area contributed by atoms with Gasteiger partial charge in [0.2, 0.25) is 0 Å². The lowest BCUT2D eigenvalue weighted by Crippen LogP contribution is -2.43. The predicted octanol–water partition coefficient (Wildman–Crippen LogP) is 3.53. The number of halogens is 1. The Hall–Kier alpha value is -1.62. The normalized spacial score (nSPS) is 29.0. The summed E-state index contributed by atoms with van der Waals surface area (Å²) in [5, 5.41) is 0. The minimum absolute atomic E-state index is 0.0543. The van der Waals surface area contributed by atoms with Gasteiger partial charge in [-0.1, -0.05) is 13.0 Å². The number of nitrogens with zero attached hydrogens (tertiary/aromatic N) is 1. The lowest BCUT2D eigenvalue weighted by Gasteiger charge is -2.34. The molecular weight excluding hydrogens is 309 g/mol. The Bertz CT molecular complexity index is 621. The number of rotatable bonds is 6. The predicted molar refractivity (Wildman–Crippen MR) is 89.3 cm³/mol. The summed E-state index contributed by atoms with van der Waals surface area (Å²) in [4.78, 5) is 15.0. The molecule has 0 aromatic heterocycles. The first-order chi connectivity index (χ1) is 11.6. The number of fused-ring (bicyclic) bond motifs is 2. The van der Waals surface area contributed by atoms with Crippen LogP contribution >= 0.6 is 0 Å². The standard InChI is InChI=1S/C19H26FNO3/c1-4-19(18(22)24-5-2)11-14-7-9-17(19)21(14)12-13-6-8-15(20)16(10-13)23-3/h6,8,10,14,17H,4-5,7,9,11-12H2,1-3H3/t14-,17+,19+/m0/s1. The highest BCUT2D eigenvalue weighted by atomic mass is 19.1. The van der Waals surface area contributed by atoms with Crippen LogP contribution in [-0.4, -0.2) is 36.7 Å². The van der Waals surface area contributed by atoms with E-state index in [-0.39, 0.29) is 29.0 Å². The average molecular weight is 335 g/mol. The molecular formula is C19H26FNO3. The molecule has 2 heterocycles. The van der Waals surface area contributed by atoms with E-state index in [0.717, 1.165) is 31.2 Å². The van der Waals surface area contributed by atoms with Gasteiger partial charge in [0.15, 0.2) is 11.6 Å². The van der Waals surface area contributed by atoms with Gasteiger partial charge in [-0.3, -0.25) is 9.69 Å². The van der Waals surface area contributed by atoms with Crippen molar-refractivity contribution in [1.82, 2.24) is 4.90 Å². The second kappa shape index (κ2) is 6.71. The van der Waals surface area contributed by atoms with Crippen LogP contribution in [0.1, 0.15) is 45.1 Å². The summed E-state index contributed by atoms with van der Waals surface area (Å²) < 4.78 is 24.1. The topological polar surface area (TPSA) is 38.8 Å². The van der Waals surface area contributed by atoms with E-state index in [0.29, 0.717) is 19.2 Å². The van der Waals surface area contributed by atoms with Crippen molar-refractivity contribution in [2.24, 2.45) is 5.41 Å². The van der Waals surface area contributed by atoms with Gasteiger partial charge in [0.25, 0.3) is 0 Å². The number of carbonyl (C=O) groups is 1. The van der Waals surface area contributed by atoms with Crippen LogP contribution in [0.15, 0.2) is 18.2 Å². The zero-order valence-electron chi connectivity index (χ0n) is 14.7. The van der Waals surface area contributed by atoms with Crippen molar-refractivity contribution < 1.29 is 18.7 Å². The summed E-state index contributed by atoms with van der Waals surface area (Å²) >= 11 is 0. The van der Waals surface area contributed by atoms with Gasteiger partial charge in [-0.15, -0.1) is 0 Å². The molecule has 2 bridgehead atoms. The van der Waals surface area contributed by atoms with Gasteiger partial charge in [0, 0.05) is 18.6 Å². The second-order valence-electron chi connectivity index (χ2n) is 6.82. The molecule has 0 spiro atoms. The molecule has 1 aromatic rings. The molecule has 0 N–H and O–H groups in total. The third kappa shape index (κ3) is 2.69. The van der Waals surface area contributed by atoms with Crippen LogP contribution in [0.2, 0.25) is 0 Å². The second-order valence-corrected chi connectivity index (χ2v) is 6.82. The van der Waals surface area contributed by atoms with Gasteiger partial charge in [-0.2, -0.15) is 0 Å². The maximum absolute atomic E-state index is 13.6. The first-order valence-corrected chi connectivity index (χ1v) is 8.81. The van der Waals surface area contributed by atoms with Crippen LogP contribution in [0.5, 0.6) is 5.75 Å². The highest BCUT2D eigenvalue weighted by Gasteiger charge is 2.59. The number of hydrogen-bond acceptors (Lipinski definition) is 4. The zero-order valence-corrected chi connectivity index (χ0v) is 14.7. The van der Waals surface area contributed by atoms with E-state index in [4.69, 9.17) is 9.47 Å². The maximum atomic E-state index is 13.6. The van der Waals surface area contributed by atoms with Gasteiger partial charge in [0.05, 0.1) is 19.1 Å². The van der Waals surface area contributed by atoms with Crippen LogP contribution in [0.4, 0.5) is 4.39 Å². The summed E-state index contributed by atoms with van der Waals surface area (Å²) in [6.45, 7) is 5.08. The summed E-state index contributed by atoms with van der Waals surface area (Å²) in [5.74, 6) is -0.132. The Labute approximate surface area is 142 Å². The monoisotopic (exact) mass is 335 g/mol. The molecule has 3 atom stereocenters. The van der Waals surface area contributed by atoms with E-state index in [1.165, 1.54) is 13.2 Å². The molecule has 132 valence electrons. The number of hydrogen-bond donors (Lipinski definition) is 0.